The minimum Gasteiger partial charge on any atom is -0.476 e. The summed E-state index contributed by atoms with van der Waals surface area (Å²) >= 11 is 0. The highest BCUT2D eigenvalue weighted by molar-refractivity contribution is 5.91. The topological polar surface area (TPSA) is 80.0 Å². The van der Waals surface area contributed by atoms with Gasteiger partial charge in [0, 0.05) is 25.1 Å². The van der Waals surface area contributed by atoms with Crippen LogP contribution in [0.15, 0.2) is 36.8 Å². The Labute approximate surface area is 97.9 Å². The van der Waals surface area contributed by atoms with Crippen molar-refractivity contribution in [3.05, 3.63) is 42.5 Å². The van der Waals surface area contributed by atoms with E-state index in [1.165, 1.54) is 6.20 Å². The van der Waals surface area contributed by atoms with Crippen LogP contribution in [0.4, 0.5) is 5.69 Å². The molecular weight excluding hydrogens is 220 g/mol. The van der Waals surface area contributed by atoms with Crippen LogP contribution in [0.5, 0.6) is 0 Å². The molecule has 2 N–H and O–H groups in total. The number of anilines is 1. The van der Waals surface area contributed by atoms with Gasteiger partial charge in [-0.3, -0.25) is 4.68 Å². The van der Waals surface area contributed by atoms with Crippen molar-refractivity contribution in [2.24, 2.45) is 0 Å². The molecule has 0 unspecified atom stereocenters. The van der Waals surface area contributed by atoms with Crippen LogP contribution in [-0.4, -0.2) is 32.4 Å². The van der Waals surface area contributed by atoms with Crippen LogP contribution in [0.25, 0.3) is 0 Å². The molecule has 0 amide bonds. The molecule has 0 bridgehead atoms. The lowest BCUT2D eigenvalue weighted by molar-refractivity contribution is 0.0691. The Morgan fingerprint density at radius 3 is 3.00 bits per heavy atom. The Morgan fingerprint density at radius 2 is 2.29 bits per heavy atom. The van der Waals surface area contributed by atoms with E-state index in [2.05, 4.69) is 15.4 Å². The normalized spacial score (nSPS) is 10.1. The van der Waals surface area contributed by atoms with E-state index in [0.29, 0.717) is 18.8 Å². The van der Waals surface area contributed by atoms with Gasteiger partial charge in [0.05, 0.1) is 12.2 Å². The average molecular weight is 232 g/mol. The summed E-state index contributed by atoms with van der Waals surface area (Å²) in [6, 6.07) is 5.23. The zero-order chi connectivity index (χ0) is 12.1. The van der Waals surface area contributed by atoms with E-state index in [0.717, 1.165) is 0 Å². The number of aromatic carboxylic acids is 1. The third-order valence-corrected chi connectivity index (χ3v) is 2.23. The summed E-state index contributed by atoms with van der Waals surface area (Å²) in [5.74, 6) is -1.04. The van der Waals surface area contributed by atoms with Crippen molar-refractivity contribution in [2.45, 2.75) is 6.54 Å². The Kier molecular flexibility index (Phi) is 3.34. The molecule has 2 aromatic rings. The predicted molar refractivity (Wildman–Crippen MR) is 61.9 cm³/mol. The number of nitrogens with zero attached hydrogens (tertiary/aromatic N) is 3. The molecule has 2 aromatic heterocycles. The molecule has 17 heavy (non-hydrogen) atoms. The number of rotatable bonds is 5. The van der Waals surface area contributed by atoms with Crippen LogP contribution in [0.1, 0.15) is 10.5 Å². The lowest BCUT2D eigenvalue weighted by Crippen LogP contribution is -2.14. The molecule has 2 rings (SSSR count). The second kappa shape index (κ2) is 5.11. The van der Waals surface area contributed by atoms with Gasteiger partial charge in [0.15, 0.2) is 5.69 Å². The molecule has 88 valence electrons. The summed E-state index contributed by atoms with van der Waals surface area (Å²) in [6.07, 6.45) is 5.01. The van der Waals surface area contributed by atoms with Crippen LogP contribution in [0, 0.1) is 0 Å². The van der Waals surface area contributed by atoms with Crippen molar-refractivity contribution in [3.8, 4) is 0 Å². The maximum atomic E-state index is 10.9. The molecule has 6 heteroatoms. The lowest BCUT2D eigenvalue weighted by Gasteiger charge is -2.08. The fourth-order valence-electron chi connectivity index (χ4n) is 1.46. The van der Waals surface area contributed by atoms with Crippen molar-refractivity contribution >= 4 is 11.7 Å². The molecule has 0 fully saturated rings. The molecular formula is C11H12N4O2. The zero-order valence-electron chi connectivity index (χ0n) is 9.08. The first kappa shape index (κ1) is 11.1. The third kappa shape index (κ3) is 2.81. The van der Waals surface area contributed by atoms with E-state index < -0.39 is 5.97 Å². The van der Waals surface area contributed by atoms with Gasteiger partial charge in [-0.25, -0.2) is 9.78 Å². The predicted octanol–water partition coefficient (Wildman–Crippen LogP) is 1.09. The van der Waals surface area contributed by atoms with Crippen molar-refractivity contribution in [2.75, 3.05) is 11.9 Å². The number of aromatic nitrogens is 3. The van der Waals surface area contributed by atoms with E-state index in [1.54, 1.807) is 23.0 Å². The van der Waals surface area contributed by atoms with Crippen LogP contribution in [0.3, 0.4) is 0 Å². The molecule has 0 spiro atoms. The maximum absolute atomic E-state index is 10.9. The highest BCUT2D eigenvalue weighted by atomic mass is 16.4. The van der Waals surface area contributed by atoms with Gasteiger partial charge in [-0.1, -0.05) is 0 Å². The van der Waals surface area contributed by atoms with Gasteiger partial charge in [0.2, 0.25) is 0 Å². The molecule has 0 atom stereocenters. The number of hydrogen-bond donors (Lipinski definition) is 2. The highest BCUT2D eigenvalue weighted by Gasteiger charge is 2.09. The summed E-state index contributed by atoms with van der Waals surface area (Å²) < 4.78 is 1.77. The number of carboxylic acids is 1. The maximum Gasteiger partial charge on any atom is 0.356 e. The molecule has 0 aromatic carbocycles. The largest absolute Gasteiger partial charge is 0.476 e. The smallest absolute Gasteiger partial charge is 0.356 e. The van der Waals surface area contributed by atoms with Gasteiger partial charge in [-0.2, -0.15) is 5.10 Å². The fraction of sp³-hybridized carbons (Fsp3) is 0.182. The van der Waals surface area contributed by atoms with Gasteiger partial charge in [0.25, 0.3) is 0 Å². The average Bonchev–Trinajstić information content (AvgIpc) is 2.82. The van der Waals surface area contributed by atoms with Gasteiger partial charge >= 0.3 is 5.97 Å². The number of carboxylic acid groups (broad SMARTS) is 1. The summed E-state index contributed by atoms with van der Waals surface area (Å²) in [6.45, 7) is 1.26. The third-order valence-electron chi connectivity index (χ3n) is 2.23. The van der Waals surface area contributed by atoms with Gasteiger partial charge in [0.1, 0.15) is 0 Å². The van der Waals surface area contributed by atoms with Crippen molar-refractivity contribution < 1.29 is 9.90 Å². The van der Waals surface area contributed by atoms with E-state index in [9.17, 15) is 4.79 Å². The standard InChI is InChI=1S/C11H12N4O2/c16-11(17)10-9(3-1-4-13-10)12-6-8-15-7-2-5-14-15/h1-5,7,12H,6,8H2,(H,16,17). The molecule has 0 aliphatic heterocycles. The summed E-state index contributed by atoms with van der Waals surface area (Å²) in [5.41, 5.74) is 0.556. The Morgan fingerprint density at radius 1 is 1.41 bits per heavy atom. The van der Waals surface area contributed by atoms with Crippen LogP contribution in [-0.2, 0) is 6.54 Å². The van der Waals surface area contributed by atoms with Crippen molar-refractivity contribution in [1.29, 1.82) is 0 Å². The van der Waals surface area contributed by atoms with Crippen LogP contribution >= 0.6 is 0 Å². The lowest BCUT2D eigenvalue weighted by atomic mass is 10.3. The van der Waals surface area contributed by atoms with E-state index in [-0.39, 0.29) is 5.69 Å². The first-order chi connectivity index (χ1) is 8.27. The summed E-state index contributed by atoms with van der Waals surface area (Å²) in [7, 11) is 0. The first-order valence-electron chi connectivity index (χ1n) is 5.17. The molecule has 0 saturated heterocycles. The van der Waals surface area contributed by atoms with Gasteiger partial charge in [-0.05, 0) is 18.2 Å². The number of hydrogen-bond acceptors (Lipinski definition) is 4. The van der Waals surface area contributed by atoms with Gasteiger partial charge in [-0.15, -0.1) is 0 Å². The monoisotopic (exact) mass is 232 g/mol. The Balaban J connectivity index is 1.97. The molecule has 6 nitrogen and oxygen atoms in total. The van der Waals surface area contributed by atoms with Crippen LogP contribution < -0.4 is 5.32 Å². The molecule has 0 saturated carbocycles. The number of carbonyl (C=O) groups is 1. The summed E-state index contributed by atoms with van der Waals surface area (Å²) in [4.78, 5) is 14.7. The quantitative estimate of drug-likeness (QED) is 0.806. The van der Waals surface area contributed by atoms with Gasteiger partial charge < -0.3 is 10.4 Å². The van der Waals surface area contributed by atoms with E-state index in [4.69, 9.17) is 5.11 Å². The first-order valence-corrected chi connectivity index (χ1v) is 5.17. The van der Waals surface area contributed by atoms with E-state index >= 15 is 0 Å². The minimum atomic E-state index is -1.04. The second-order valence-electron chi connectivity index (χ2n) is 3.40. The second-order valence-corrected chi connectivity index (χ2v) is 3.40. The zero-order valence-corrected chi connectivity index (χ0v) is 9.08. The number of nitrogens with one attached hydrogen (secondary N) is 1. The number of pyridine rings is 1. The van der Waals surface area contributed by atoms with Crippen molar-refractivity contribution in [3.63, 3.8) is 0 Å². The molecule has 0 aliphatic rings. The molecule has 2 heterocycles. The summed E-state index contributed by atoms with van der Waals surface area (Å²) in [5, 5.41) is 16.0. The van der Waals surface area contributed by atoms with E-state index in [1.807, 2.05) is 12.3 Å². The SMILES string of the molecule is O=C(O)c1ncccc1NCCn1cccn1. The Bertz CT molecular complexity index is 496. The highest BCUT2D eigenvalue weighted by Crippen LogP contribution is 2.11. The Hall–Kier alpha value is -2.37. The minimum absolute atomic E-state index is 0.0352. The van der Waals surface area contributed by atoms with Crippen molar-refractivity contribution in [1.82, 2.24) is 14.8 Å². The molecule has 0 aliphatic carbocycles. The fourth-order valence-corrected chi connectivity index (χ4v) is 1.46. The molecule has 0 radical (unpaired) electrons. The van der Waals surface area contributed by atoms with Crippen LogP contribution in [0.2, 0.25) is 0 Å².